The molecule has 0 aliphatic heterocycles. The molecule has 3 amide bonds. The van der Waals surface area contributed by atoms with E-state index in [0.29, 0.717) is 6.54 Å². The summed E-state index contributed by atoms with van der Waals surface area (Å²) in [6, 6.07) is 3.19. The Morgan fingerprint density at radius 1 is 1.38 bits per heavy atom. The van der Waals surface area contributed by atoms with Gasteiger partial charge in [-0.25, -0.2) is 13.2 Å². The number of urea groups is 1. The van der Waals surface area contributed by atoms with Gasteiger partial charge in [0.25, 0.3) is 0 Å². The zero-order valence-electron chi connectivity index (χ0n) is 11.5. The smallest absolute Gasteiger partial charge is 0.321 e. The number of rotatable bonds is 4. The number of carbonyl (C=O) groups is 2. The van der Waals surface area contributed by atoms with Gasteiger partial charge in [0.2, 0.25) is 5.91 Å². The Hall–Kier alpha value is -1.80. The number of amides is 3. The van der Waals surface area contributed by atoms with Crippen molar-refractivity contribution in [1.82, 2.24) is 10.6 Å². The maximum Gasteiger partial charge on any atom is 0.321 e. The summed E-state index contributed by atoms with van der Waals surface area (Å²) in [5.41, 5.74) is 5.74. The van der Waals surface area contributed by atoms with Gasteiger partial charge in [0, 0.05) is 12.2 Å². The summed E-state index contributed by atoms with van der Waals surface area (Å²) in [4.78, 5) is 22.8. The Kier molecular flexibility index (Phi) is 5.56. The summed E-state index contributed by atoms with van der Waals surface area (Å²) in [6.45, 7) is 3.14. The van der Waals surface area contributed by atoms with E-state index in [1.807, 2.05) is 5.32 Å². The van der Waals surface area contributed by atoms with Crippen molar-refractivity contribution in [3.05, 3.63) is 23.2 Å². The van der Waals surface area contributed by atoms with Crippen molar-refractivity contribution in [2.75, 3.05) is 12.3 Å². The van der Waals surface area contributed by atoms with Gasteiger partial charge in [0.15, 0.2) is 9.84 Å². The van der Waals surface area contributed by atoms with Gasteiger partial charge in [-0.3, -0.25) is 10.1 Å². The third-order valence-electron chi connectivity index (χ3n) is 2.67. The highest BCUT2D eigenvalue weighted by Crippen LogP contribution is 2.27. The molecule has 0 radical (unpaired) electrons. The molecule has 0 saturated heterocycles. The van der Waals surface area contributed by atoms with Crippen LogP contribution in [0.2, 0.25) is 5.02 Å². The molecule has 0 heterocycles. The second-order valence-corrected chi connectivity index (χ2v) is 6.87. The SMILES string of the molecule is CCNC(=O)NC(=O)C(C)S(=O)(=O)c1cc(N)ccc1Cl. The highest BCUT2D eigenvalue weighted by molar-refractivity contribution is 7.93. The van der Waals surface area contributed by atoms with Gasteiger partial charge in [0.05, 0.1) is 9.92 Å². The number of carbonyl (C=O) groups excluding carboxylic acids is 2. The topological polar surface area (TPSA) is 118 Å². The average Bonchev–Trinajstić information content (AvgIpc) is 2.40. The Morgan fingerprint density at radius 2 is 2.00 bits per heavy atom. The fourth-order valence-corrected chi connectivity index (χ4v) is 3.29. The molecule has 9 heteroatoms. The van der Waals surface area contributed by atoms with E-state index in [9.17, 15) is 18.0 Å². The van der Waals surface area contributed by atoms with Crippen molar-refractivity contribution in [3.8, 4) is 0 Å². The molecule has 1 atom stereocenters. The summed E-state index contributed by atoms with van der Waals surface area (Å²) in [5.74, 6) is -0.945. The van der Waals surface area contributed by atoms with Crippen LogP contribution in [0.4, 0.5) is 10.5 Å². The van der Waals surface area contributed by atoms with Crippen LogP contribution in [0, 0.1) is 0 Å². The predicted octanol–water partition coefficient (Wildman–Crippen LogP) is 0.930. The molecule has 21 heavy (non-hydrogen) atoms. The van der Waals surface area contributed by atoms with Crippen molar-refractivity contribution < 1.29 is 18.0 Å². The number of benzene rings is 1. The van der Waals surface area contributed by atoms with E-state index in [1.54, 1.807) is 6.92 Å². The number of sulfone groups is 1. The lowest BCUT2D eigenvalue weighted by Crippen LogP contribution is -2.45. The van der Waals surface area contributed by atoms with Crippen LogP contribution in [0.5, 0.6) is 0 Å². The summed E-state index contributed by atoms with van der Waals surface area (Å²) >= 11 is 5.84. The van der Waals surface area contributed by atoms with Crippen molar-refractivity contribution in [1.29, 1.82) is 0 Å². The molecule has 0 aliphatic carbocycles. The molecule has 1 aromatic rings. The molecule has 0 saturated carbocycles. The van der Waals surface area contributed by atoms with Crippen LogP contribution in [-0.4, -0.2) is 32.2 Å². The second kappa shape index (κ2) is 6.77. The molecule has 4 N–H and O–H groups in total. The highest BCUT2D eigenvalue weighted by Gasteiger charge is 2.32. The van der Waals surface area contributed by atoms with Gasteiger partial charge in [-0.05, 0) is 32.0 Å². The van der Waals surface area contributed by atoms with Crippen LogP contribution in [0.25, 0.3) is 0 Å². The fraction of sp³-hybridized carbons (Fsp3) is 0.333. The molecular weight excluding hydrogens is 318 g/mol. The number of nitrogens with one attached hydrogen (secondary N) is 2. The summed E-state index contributed by atoms with van der Waals surface area (Å²) in [7, 11) is -4.06. The largest absolute Gasteiger partial charge is 0.399 e. The lowest BCUT2D eigenvalue weighted by atomic mass is 10.3. The molecule has 0 fully saturated rings. The molecule has 0 aromatic heterocycles. The summed E-state index contributed by atoms with van der Waals surface area (Å²) in [6.07, 6.45) is 0. The molecule has 1 unspecified atom stereocenters. The third-order valence-corrected chi connectivity index (χ3v) is 5.21. The zero-order chi connectivity index (χ0) is 16.2. The molecule has 7 nitrogen and oxygen atoms in total. The number of anilines is 1. The molecule has 1 rings (SSSR count). The van der Waals surface area contributed by atoms with Crippen LogP contribution >= 0.6 is 11.6 Å². The Balaban J connectivity index is 3.04. The Morgan fingerprint density at radius 3 is 2.57 bits per heavy atom. The molecular formula is C12H16ClN3O4S. The van der Waals surface area contributed by atoms with E-state index in [2.05, 4.69) is 5.32 Å². The number of nitrogen functional groups attached to an aromatic ring is 1. The van der Waals surface area contributed by atoms with Crippen molar-refractivity contribution in [2.24, 2.45) is 0 Å². The lowest BCUT2D eigenvalue weighted by Gasteiger charge is -2.14. The quantitative estimate of drug-likeness (QED) is 0.708. The normalized spacial score (nSPS) is 12.5. The first-order chi connectivity index (χ1) is 9.70. The van der Waals surface area contributed by atoms with E-state index in [1.165, 1.54) is 25.1 Å². The summed E-state index contributed by atoms with van der Waals surface area (Å²) in [5, 5.41) is 2.75. The van der Waals surface area contributed by atoms with E-state index in [-0.39, 0.29) is 15.6 Å². The van der Waals surface area contributed by atoms with Gasteiger partial charge in [-0.2, -0.15) is 0 Å². The number of hydrogen-bond acceptors (Lipinski definition) is 5. The van der Waals surface area contributed by atoms with Crippen LogP contribution in [0.3, 0.4) is 0 Å². The van der Waals surface area contributed by atoms with Crippen molar-refractivity contribution in [2.45, 2.75) is 24.0 Å². The minimum absolute atomic E-state index is 0.0399. The number of nitrogens with two attached hydrogens (primary N) is 1. The first kappa shape index (κ1) is 17.3. The molecule has 0 aliphatic rings. The standard InChI is InChI=1S/C12H16ClN3O4S/c1-3-15-12(18)16-11(17)7(2)21(19,20)10-6-8(14)4-5-9(10)13/h4-7H,3,14H2,1-2H3,(H2,15,16,17,18). The molecule has 116 valence electrons. The van der Waals surface area contributed by atoms with Crippen LogP contribution < -0.4 is 16.4 Å². The van der Waals surface area contributed by atoms with Crippen molar-refractivity contribution >= 4 is 39.1 Å². The van der Waals surface area contributed by atoms with Crippen LogP contribution in [-0.2, 0) is 14.6 Å². The number of hydrogen-bond donors (Lipinski definition) is 3. The van der Waals surface area contributed by atoms with E-state index in [4.69, 9.17) is 17.3 Å². The van der Waals surface area contributed by atoms with Crippen LogP contribution in [0.1, 0.15) is 13.8 Å². The van der Waals surface area contributed by atoms with Gasteiger partial charge in [0.1, 0.15) is 5.25 Å². The number of halogens is 1. The maximum atomic E-state index is 12.4. The molecule has 0 spiro atoms. The van der Waals surface area contributed by atoms with Crippen molar-refractivity contribution in [3.63, 3.8) is 0 Å². The summed E-state index contributed by atoms with van der Waals surface area (Å²) < 4.78 is 24.7. The Labute approximate surface area is 127 Å². The van der Waals surface area contributed by atoms with Crippen LogP contribution in [0.15, 0.2) is 23.1 Å². The molecule has 1 aromatic carbocycles. The number of imide groups is 1. The van der Waals surface area contributed by atoms with Gasteiger partial charge in [-0.15, -0.1) is 0 Å². The van der Waals surface area contributed by atoms with Gasteiger partial charge >= 0.3 is 6.03 Å². The highest BCUT2D eigenvalue weighted by atomic mass is 35.5. The lowest BCUT2D eigenvalue weighted by molar-refractivity contribution is -0.119. The fourth-order valence-electron chi connectivity index (χ4n) is 1.49. The molecule has 0 bridgehead atoms. The van der Waals surface area contributed by atoms with Gasteiger partial charge in [-0.1, -0.05) is 11.6 Å². The first-order valence-corrected chi connectivity index (χ1v) is 8.00. The Bertz CT molecular complexity index is 660. The monoisotopic (exact) mass is 333 g/mol. The second-order valence-electron chi connectivity index (χ2n) is 4.23. The van der Waals surface area contributed by atoms with E-state index < -0.39 is 27.0 Å². The maximum absolute atomic E-state index is 12.4. The van der Waals surface area contributed by atoms with Gasteiger partial charge < -0.3 is 11.1 Å². The third kappa shape index (κ3) is 4.08. The minimum Gasteiger partial charge on any atom is -0.399 e. The minimum atomic E-state index is -4.06. The first-order valence-electron chi connectivity index (χ1n) is 6.07. The zero-order valence-corrected chi connectivity index (χ0v) is 13.1. The predicted molar refractivity (Wildman–Crippen MR) is 79.7 cm³/mol. The van der Waals surface area contributed by atoms with E-state index >= 15 is 0 Å². The average molecular weight is 334 g/mol. The van der Waals surface area contributed by atoms with E-state index in [0.717, 1.165) is 0 Å².